The third kappa shape index (κ3) is 4.80. The zero-order valence-corrected chi connectivity index (χ0v) is 17.1. The summed E-state index contributed by atoms with van der Waals surface area (Å²) in [6.07, 6.45) is 0. The lowest BCUT2D eigenvalue weighted by Crippen LogP contribution is -2.23. The minimum absolute atomic E-state index is 0.0632. The summed E-state index contributed by atoms with van der Waals surface area (Å²) in [4.78, 5) is 16.4. The van der Waals surface area contributed by atoms with Crippen LogP contribution in [0.1, 0.15) is 16.1 Å². The van der Waals surface area contributed by atoms with E-state index in [4.69, 9.17) is 16.3 Å². The molecule has 2 N–H and O–H groups in total. The van der Waals surface area contributed by atoms with Crippen LogP contribution in [0.3, 0.4) is 0 Å². The van der Waals surface area contributed by atoms with Gasteiger partial charge in [-0.25, -0.2) is 13.4 Å². The zero-order chi connectivity index (χ0) is 20.1. The number of nitrogens with zero attached hydrogens (tertiary/aromatic N) is 1. The van der Waals surface area contributed by atoms with Crippen LogP contribution in [0.15, 0.2) is 58.8 Å². The van der Waals surface area contributed by atoms with Crippen molar-refractivity contribution in [3.05, 3.63) is 70.2 Å². The predicted octanol–water partition coefficient (Wildman–Crippen LogP) is 3.54. The van der Waals surface area contributed by atoms with Gasteiger partial charge in [0.1, 0.15) is 11.4 Å². The molecule has 3 aromatic rings. The molecule has 7 nitrogen and oxygen atoms in total. The fraction of sp³-hybridized carbons (Fsp3) is 0.111. The summed E-state index contributed by atoms with van der Waals surface area (Å²) in [5.41, 5.74) is 0.887. The van der Waals surface area contributed by atoms with E-state index in [1.54, 1.807) is 30.3 Å². The normalized spacial score (nSPS) is 11.1. The molecule has 2 aromatic carbocycles. The van der Waals surface area contributed by atoms with Gasteiger partial charge in [0.15, 0.2) is 5.13 Å². The zero-order valence-electron chi connectivity index (χ0n) is 14.7. The van der Waals surface area contributed by atoms with E-state index >= 15 is 0 Å². The minimum Gasteiger partial charge on any atom is -0.497 e. The molecule has 1 aromatic heterocycles. The predicted molar refractivity (Wildman–Crippen MR) is 109 cm³/mol. The van der Waals surface area contributed by atoms with Gasteiger partial charge in [-0.2, -0.15) is 0 Å². The van der Waals surface area contributed by atoms with Crippen LogP contribution in [0.25, 0.3) is 0 Å². The number of halogens is 1. The van der Waals surface area contributed by atoms with Crippen molar-refractivity contribution in [2.45, 2.75) is 11.4 Å². The standard InChI is InChI=1S/C18H16ClN3O4S2/c1-26-13-6-8-14(9-7-13)28(24,25)22-18-21-16(11-27-18)17(23)20-10-12-4-2-3-5-15(12)19/h2-9,11H,10H2,1H3,(H,20,23)(H,21,22). The molecule has 0 saturated carbocycles. The van der Waals surface area contributed by atoms with E-state index in [9.17, 15) is 13.2 Å². The van der Waals surface area contributed by atoms with Crippen molar-refractivity contribution in [1.82, 2.24) is 10.3 Å². The van der Waals surface area contributed by atoms with Crippen molar-refractivity contribution in [3.63, 3.8) is 0 Å². The summed E-state index contributed by atoms with van der Waals surface area (Å²) in [5, 5.41) is 4.83. The number of carbonyl (C=O) groups is 1. The average molecular weight is 438 g/mol. The molecule has 0 spiro atoms. The molecule has 0 aliphatic heterocycles. The van der Waals surface area contributed by atoms with Gasteiger partial charge in [-0.05, 0) is 35.9 Å². The molecule has 0 atom stereocenters. The second-order valence-corrected chi connectivity index (χ2v) is 8.54. The monoisotopic (exact) mass is 437 g/mol. The van der Waals surface area contributed by atoms with Crippen LogP contribution in [0, 0.1) is 0 Å². The van der Waals surface area contributed by atoms with Crippen molar-refractivity contribution in [3.8, 4) is 5.75 Å². The number of carbonyl (C=O) groups excluding carboxylic acids is 1. The Balaban J connectivity index is 1.65. The molecule has 1 heterocycles. The summed E-state index contributed by atoms with van der Waals surface area (Å²) in [6.45, 7) is 0.239. The molecule has 0 fully saturated rings. The first kappa shape index (κ1) is 20.1. The Morgan fingerprint density at radius 1 is 1.18 bits per heavy atom. The highest BCUT2D eigenvalue weighted by molar-refractivity contribution is 7.93. The molecular formula is C18H16ClN3O4S2. The summed E-state index contributed by atoms with van der Waals surface area (Å²) >= 11 is 7.08. The number of sulfonamides is 1. The van der Waals surface area contributed by atoms with Crippen molar-refractivity contribution >= 4 is 44.0 Å². The lowest BCUT2D eigenvalue weighted by atomic mass is 10.2. The molecular weight excluding hydrogens is 422 g/mol. The summed E-state index contributed by atoms with van der Waals surface area (Å²) in [5.74, 6) is 0.122. The molecule has 1 amide bonds. The molecule has 0 bridgehead atoms. The average Bonchev–Trinajstić information content (AvgIpc) is 3.15. The number of ether oxygens (including phenoxy) is 1. The Bertz CT molecular complexity index is 1080. The first-order chi connectivity index (χ1) is 13.4. The van der Waals surface area contributed by atoms with Crippen LogP contribution in [0.4, 0.5) is 5.13 Å². The Morgan fingerprint density at radius 2 is 1.89 bits per heavy atom. The van der Waals surface area contributed by atoms with Gasteiger partial charge in [-0.1, -0.05) is 29.8 Å². The summed E-state index contributed by atoms with van der Waals surface area (Å²) < 4.78 is 32.2. The smallest absolute Gasteiger partial charge is 0.271 e. The fourth-order valence-electron chi connectivity index (χ4n) is 2.26. The van der Waals surface area contributed by atoms with Gasteiger partial charge >= 0.3 is 0 Å². The van der Waals surface area contributed by atoms with Gasteiger partial charge in [0.25, 0.3) is 15.9 Å². The van der Waals surface area contributed by atoms with Crippen LogP contribution in [-0.2, 0) is 16.6 Å². The number of nitrogens with one attached hydrogen (secondary N) is 2. The van der Waals surface area contributed by atoms with Gasteiger partial charge in [0, 0.05) is 16.9 Å². The summed E-state index contributed by atoms with van der Waals surface area (Å²) in [6, 6.07) is 13.1. The number of thiazole rings is 1. The number of aromatic nitrogens is 1. The topological polar surface area (TPSA) is 97.4 Å². The van der Waals surface area contributed by atoms with Gasteiger partial charge in [-0.3, -0.25) is 9.52 Å². The van der Waals surface area contributed by atoms with E-state index in [0.717, 1.165) is 16.9 Å². The molecule has 3 rings (SSSR count). The fourth-order valence-corrected chi connectivity index (χ4v) is 4.41. The van der Waals surface area contributed by atoms with Crippen LogP contribution < -0.4 is 14.8 Å². The lowest BCUT2D eigenvalue weighted by molar-refractivity contribution is 0.0946. The number of benzene rings is 2. The molecule has 0 radical (unpaired) electrons. The number of hydrogen-bond donors (Lipinski definition) is 2. The van der Waals surface area contributed by atoms with E-state index in [-0.39, 0.29) is 22.3 Å². The maximum absolute atomic E-state index is 12.4. The van der Waals surface area contributed by atoms with Crippen LogP contribution in [-0.4, -0.2) is 26.4 Å². The van der Waals surface area contributed by atoms with E-state index in [0.29, 0.717) is 10.8 Å². The van der Waals surface area contributed by atoms with Crippen LogP contribution in [0.2, 0.25) is 5.02 Å². The quantitative estimate of drug-likeness (QED) is 0.589. The van der Waals surface area contributed by atoms with E-state index in [2.05, 4.69) is 15.0 Å². The van der Waals surface area contributed by atoms with E-state index in [1.807, 2.05) is 6.07 Å². The number of hydrogen-bond acceptors (Lipinski definition) is 6. The van der Waals surface area contributed by atoms with E-state index < -0.39 is 15.9 Å². The number of amides is 1. The first-order valence-electron chi connectivity index (χ1n) is 8.03. The van der Waals surface area contributed by atoms with Gasteiger partial charge < -0.3 is 10.1 Å². The molecule has 0 unspecified atom stereocenters. The summed E-state index contributed by atoms with van der Waals surface area (Å²) in [7, 11) is -2.32. The van der Waals surface area contributed by atoms with Gasteiger partial charge in [-0.15, -0.1) is 11.3 Å². The molecule has 28 heavy (non-hydrogen) atoms. The second-order valence-electron chi connectivity index (χ2n) is 5.59. The lowest BCUT2D eigenvalue weighted by Gasteiger charge is -2.06. The molecule has 146 valence electrons. The molecule has 0 aliphatic rings. The number of rotatable bonds is 7. The number of methoxy groups -OCH3 is 1. The van der Waals surface area contributed by atoms with Crippen molar-refractivity contribution in [1.29, 1.82) is 0 Å². The van der Waals surface area contributed by atoms with Gasteiger partial charge in [0.2, 0.25) is 0 Å². The van der Waals surface area contributed by atoms with Crippen molar-refractivity contribution < 1.29 is 17.9 Å². The molecule has 0 saturated heterocycles. The minimum atomic E-state index is -3.82. The highest BCUT2D eigenvalue weighted by Gasteiger charge is 2.18. The van der Waals surface area contributed by atoms with Gasteiger partial charge in [0.05, 0.1) is 12.0 Å². The molecule has 0 aliphatic carbocycles. The largest absolute Gasteiger partial charge is 0.497 e. The highest BCUT2D eigenvalue weighted by Crippen LogP contribution is 2.22. The molecule has 10 heteroatoms. The Kier molecular flexibility index (Phi) is 6.18. The first-order valence-corrected chi connectivity index (χ1v) is 10.8. The Hall–Kier alpha value is -2.62. The Morgan fingerprint density at radius 3 is 2.57 bits per heavy atom. The maximum atomic E-state index is 12.4. The van der Waals surface area contributed by atoms with E-state index in [1.165, 1.54) is 24.6 Å². The SMILES string of the molecule is COc1ccc(S(=O)(=O)Nc2nc(C(=O)NCc3ccccc3Cl)cs2)cc1. The van der Waals surface area contributed by atoms with Crippen LogP contribution in [0.5, 0.6) is 5.75 Å². The van der Waals surface area contributed by atoms with Crippen LogP contribution >= 0.6 is 22.9 Å². The highest BCUT2D eigenvalue weighted by atomic mass is 35.5. The Labute approximate surface area is 171 Å². The van der Waals surface area contributed by atoms with Crippen molar-refractivity contribution in [2.24, 2.45) is 0 Å². The maximum Gasteiger partial charge on any atom is 0.271 e. The second kappa shape index (κ2) is 8.59. The third-order valence-corrected chi connectivity index (χ3v) is 6.34. The number of anilines is 1. The van der Waals surface area contributed by atoms with Crippen molar-refractivity contribution in [2.75, 3.05) is 11.8 Å². The third-order valence-electron chi connectivity index (χ3n) is 3.73.